The van der Waals surface area contributed by atoms with Gasteiger partial charge in [-0.25, -0.2) is 8.42 Å². The number of aryl methyl sites for hydroxylation is 1. The Morgan fingerprint density at radius 1 is 1.29 bits per heavy atom. The third-order valence-corrected chi connectivity index (χ3v) is 5.48. The van der Waals surface area contributed by atoms with E-state index in [0.717, 1.165) is 5.56 Å². The number of nitrogen functional groups attached to an aromatic ring is 1. The number of benzene rings is 1. The summed E-state index contributed by atoms with van der Waals surface area (Å²) in [6.45, 7) is 1.88. The molecule has 8 heteroatoms. The van der Waals surface area contributed by atoms with Crippen LogP contribution in [0.1, 0.15) is 6.92 Å². The molecule has 2 aromatic rings. The van der Waals surface area contributed by atoms with Crippen LogP contribution in [-0.2, 0) is 16.4 Å². The Balaban J connectivity index is 2.25. The van der Waals surface area contributed by atoms with Gasteiger partial charge in [0.1, 0.15) is 5.69 Å². The maximum absolute atomic E-state index is 11.5. The molecular formula is C13H15Cl2N3O2S. The zero-order valence-corrected chi connectivity index (χ0v) is 13.7. The Hall–Kier alpha value is -1.24. The minimum absolute atomic E-state index is 0.0332. The Bertz CT molecular complexity index is 757. The van der Waals surface area contributed by atoms with Crippen molar-refractivity contribution in [2.75, 3.05) is 17.2 Å². The Morgan fingerprint density at radius 2 is 2.00 bits per heavy atom. The summed E-state index contributed by atoms with van der Waals surface area (Å²) >= 11 is 11.8. The molecule has 0 saturated heterocycles. The largest absolute Gasteiger partial charge is 0.396 e. The molecule has 0 amide bonds. The quantitative estimate of drug-likeness (QED) is 0.901. The number of nitrogens with two attached hydrogens (primary N) is 1. The minimum Gasteiger partial charge on any atom is -0.396 e. The molecule has 0 saturated carbocycles. The van der Waals surface area contributed by atoms with E-state index in [1.165, 1.54) is 4.68 Å². The van der Waals surface area contributed by atoms with Gasteiger partial charge in [-0.3, -0.25) is 4.68 Å². The number of hydrogen-bond acceptors (Lipinski definition) is 4. The van der Waals surface area contributed by atoms with Gasteiger partial charge in [-0.1, -0.05) is 36.2 Å². The van der Waals surface area contributed by atoms with Gasteiger partial charge < -0.3 is 5.73 Å². The monoisotopic (exact) mass is 347 g/mol. The molecule has 21 heavy (non-hydrogen) atoms. The second-order valence-corrected chi connectivity index (χ2v) is 7.85. The van der Waals surface area contributed by atoms with E-state index in [4.69, 9.17) is 28.9 Å². The van der Waals surface area contributed by atoms with E-state index in [1.54, 1.807) is 31.3 Å². The molecule has 1 heterocycles. The molecule has 2 rings (SSSR count). The van der Waals surface area contributed by atoms with E-state index in [1.807, 2.05) is 0 Å². The van der Waals surface area contributed by atoms with Crippen LogP contribution < -0.4 is 5.73 Å². The van der Waals surface area contributed by atoms with Crippen LogP contribution in [0.5, 0.6) is 0 Å². The first-order valence-corrected chi connectivity index (χ1v) is 8.89. The van der Waals surface area contributed by atoms with Gasteiger partial charge in [-0.2, -0.15) is 5.10 Å². The summed E-state index contributed by atoms with van der Waals surface area (Å²) in [4.78, 5) is 0. The second-order valence-electron chi connectivity index (χ2n) is 4.56. The maximum atomic E-state index is 11.5. The molecule has 1 aromatic heterocycles. The molecule has 0 aliphatic rings. The van der Waals surface area contributed by atoms with Crippen LogP contribution in [0.4, 0.5) is 5.69 Å². The number of aromatic nitrogens is 2. The predicted molar refractivity (Wildman–Crippen MR) is 86.4 cm³/mol. The van der Waals surface area contributed by atoms with Crippen molar-refractivity contribution in [3.05, 3.63) is 34.4 Å². The van der Waals surface area contributed by atoms with Gasteiger partial charge in [0.2, 0.25) is 0 Å². The first-order chi connectivity index (χ1) is 9.82. The molecular weight excluding hydrogens is 333 g/mol. The number of anilines is 1. The molecule has 0 atom stereocenters. The summed E-state index contributed by atoms with van der Waals surface area (Å²) in [6, 6.07) is 5.11. The summed E-state index contributed by atoms with van der Waals surface area (Å²) in [5, 5.41) is 5.18. The number of hydrogen-bond donors (Lipinski definition) is 1. The molecule has 5 nitrogen and oxygen atoms in total. The molecule has 114 valence electrons. The van der Waals surface area contributed by atoms with Crippen molar-refractivity contribution in [3.8, 4) is 11.3 Å². The normalized spacial score (nSPS) is 11.8. The highest BCUT2D eigenvalue weighted by atomic mass is 35.5. The van der Waals surface area contributed by atoms with Crippen LogP contribution >= 0.6 is 23.2 Å². The van der Waals surface area contributed by atoms with Crippen LogP contribution in [0.2, 0.25) is 10.0 Å². The fourth-order valence-electron chi connectivity index (χ4n) is 1.80. The van der Waals surface area contributed by atoms with Gasteiger partial charge >= 0.3 is 0 Å². The van der Waals surface area contributed by atoms with E-state index >= 15 is 0 Å². The van der Waals surface area contributed by atoms with Gasteiger partial charge in [-0.15, -0.1) is 0 Å². The molecule has 0 bridgehead atoms. The smallest absolute Gasteiger partial charge is 0.151 e. The highest BCUT2D eigenvalue weighted by Gasteiger charge is 2.12. The van der Waals surface area contributed by atoms with Crippen molar-refractivity contribution < 1.29 is 8.42 Å². The molecule has 0 aliphatic carbocycles. The number of rotatable bonds is 5. The number of sulfone groups is 1. The van der Waals surface area contributed by atoms with Crippen molar-refractivity contribution in [1.82, 2.24) is 9.78 Å². The number of nitrogens with zero attached hydrogens (tertiary/aromatic N) is 2. The van der Waals surface area contributed by atoms with Gasteiger partial charge in [0.05, 0.1) is 28.0 Å². The number of halogens is 2. The Kier molecular flexibility index (Phi) is 4.81. The van der Waals surface area contributed by atoms with Crippen molar-refractivity contribution in [1.29, 1.82) is 0 Å². The molecule has 0 fully saturated rings. The van der Waals surface area contributed by atoms with Crippen molar-refractivity contribution in [2.24, 2.45) is 0 Å². The van der Waals surface area contributed by atoms with E-state index in [2.05, 4.69) is 5.10 Å². The van der Waals surface area contributed by atoms with Gasteiger partial charge in [0, 0.05) is 17.5 Å². The highest BCUT2D eigenvalue weighted by molar-refractivity contribution is 7.91. The van der Waals surface area contributed by atoms with E-state index in [0.29, 0.717) is 21.4 Å². The molecule has 1 aromatic carbocycles. The lowest BCUT2D eigenvalue weighted by Crippen LogP contribution is -2.14. The third kappa shape index (κ3) is 3.90. The Labute approximate surface area is 133 Å². The SMILES string of the molecule is CCS(=O)(=O)CCn1cc(N)c(-c2ccc(Cl)c(Cl)c2)n1. The van der Waals surface area contributed by atoms with Gasteiger partial charge in [0.15, 0.2) is 9.84 Å². The lowest BCUT2D eigenvalue weighted by molar-refractivity contribution is 0.582. The summed E-state index contributed by atoms with van der Waals surface area (Å²) in [5.41, 5.74) is 7.68. The van der Waals surface area contributed by atoms with Crippen molar-refractivity contribution in [2.45, 2.75) is 13.5 Å². The van der Waals surface area contributed by atoms with Crippen LogP contribution in [0.3, 0.4) is 0 Å². The van der Waals surface area contributed by atoms with Gasteiger partial charge in [-0.05, 0) is 12.1 Å². The van der Waals surface area contributed by atoms with Gasteiger partial charge in [0.25, 0.3) is 0 Å². The van der Waals surface area contributed by atoms with Crippen molar-refractivity contribution in [3.63, 3.8) is 0 Å². The highest BCUT2D eigenvalue weighted by Crippen LogP contribution is 2.30. The minimum atomic E-state index is -3.04. The van der Waals surface area contributed by atoms with Crippen LogP contribution in [-0.4, -0.2) is 29.7 Å². The van der Waals surface area contributed by atoms with E-state index in [9.17, 15) is 8.42 Å². The average molecular weight is 348 g/mol. The first kappa shape index (κ1) is 16.1. The predicted octanol–water partition coefficient (Wildman–Crippen LogP) is 2.87. The topological polar surface area (TPSA) is 78.0 Å². The lowest BCUT2D eigenvalue weighted by atomic mass is 10.1. The summed E-state index contributed by atoms with van der Waals surface area (Å²) < 4.78 is 24.6. The molecule has 0 radical (unpaired) electrons. The van der Waals surface area contributed by atoms with Crippen LogP contribution in [0.25, 0.3) is 11.3 Å². The summed E-state index contributed by atoms with van der Waals surface area (Å²) in [5.74, 6) is 0.148. The fraction of sp³-hybridized carbons (Fsp3) is 0.308. The lowest BCUT2D eigenvalue weighted by Gasteiger charge is -2.02. The Morgan fingerprint density at radius 3 is 2.62 bits per heavy atom. The van der Waals surface area contributed by atoms with E-state index < -0.39 is 9.84 Å². The van der Waals surface area contributed by atoms with Crippen molar-refractivity contribution >= 4 is 38.7 Å². The summed E-state index contributed by atoms with van der Waals surface area (Å²) in [6.07, 6.45) is 1.61. The standard InChI is InChI=1S/C13H15Cl2N3O2S/c1-2-21(19,20)6-5-18-8-12(16)13(17-18)9-3-4-10(14)11(15)7-9/h3-4,7-8H,2,5-6,16H2,1H3. The van der Waals surface area contributed by atoms with E-state index in [-0.39, 0.29) is 18.1 Å². The fourth-order valence-corrected chi connectivity index (χ4v) is 2.85. The molecule has 0 spiro atoms. The van der Waals surface area contributed by atoms with Crippen LogP contribution in [0, 0.1) is 0 Å². The molecule has 2 N–H and O–H groups in total. The zero-order chi connectivity index (χ0) is 15.6. The van der Waals surface area contributed by atoms with Crippen LogP contribution in [0.15, 0.2) is 24.4 Å². The summed E-state index contributed by atoms with van der Waals surface area (Å²) in [7, 11) is -3.04. The molecule has 0 aliphatic heterocycles. The maximum Gasteiger partial charge on any atom is 0.151 e. The first-order valence-electron chi connectivity index (χ1n) is 6.31. The average Bonchev–Trinajstić information content (AvgIpc) is 2.81. The third-order valence-electron chi connectivity index (χ3n) is 3.05. The zero-order valence-electron chi connectivity index (χ0n) is 11.4. The molecule has 0 unspecified atom stereocenters. The second kappa shape index (κ2) is 6.25.